The molecule has 0 saturated heterocycles. The number of nitrogens with one attached hydrogen (secondary N) is 1. The first-order valence-corrected chi connectivity index (χ1v) is 8.95. The molecule has 0 saturated carbocycles. The van der Waals surface area contributed by atoms with E-state index in [2.05, 4.69) is 15.4 Å². The Morgan fingerprint density at radius 2 is 1.90 bits per heavy atom. The van der Waals surface area contributed by atoms with Gasteiger partial charge in [0, 0.05) is 18.8 Å². The molecule has 0 aliphatic heterocycles. The minimum Gasteiger partial charge on any atom is -0.497 e. The minimum atomic E-state index is -0.463. The number of hydrogen-bond donors (Lipinski definition) is 1. The van der Waals surface area contributed by atoms with Gasteiger partial charge in [-0.2, -0.15) is 5.10 Å². The highest BCUT2D eigenvalue weighted by Gasteiger charge is 2.22. The Kier molecular flexibility index (Phi) is 4.59. The molecule has 8 nitrogen and oxygen atoms in total. The van der Waals surface area contributed by atoms with Crippen LogP contribution in [0, 0.1) is 6.92 Å². The summed E-state index contributed by atoms with van der Waals surface area (Å²) in [5, 5.41) is 7.22. The van der Waals surface area contributed by atoms with Gasteiger partial charge in [0.15, 0.2) is 11.2 Å². The first-order chi connectivity index (χ1) is 14.0. The largest absolute Gasteiger partial charge is 0.497 e. The first-order valence-electron chi connectivity index (χ1n) is 8.95. The summed E-state index contributed by atoms with van der Waals surface area (Å²) in [4.78, 5) is 30.0. The van der Waals surface area contributed by atoms with Gasteiger partial charge in [-0.1, -0.05) is 23.8 Å². The van der Waals surface area contributed by atoms with Crippen LogP contribution in [0.25, 0.3) is 16.7 Å². The van der Waals surface area contributed by atoms with Crippen molar-refractivity contribution < 1.29 is 9.53 Å². The third kappa shape index (κ3) is 3.36. The lowest BCUT2D eigenvalue weighted by Crippen LogP contribution is -2.19. The van der Waals surface area contributed by atoms with Gasteiger partial charge < -0.3 is 14.6 Å². The summed E-state index contributed by atoms with van der Waals surface area (Å²) in [6.07, 6.45) is 1.38. The van der Waals surface area contributed by atoms with Crippen molar-refractivity contribution in [3.05, 3.63) is 76.5 Å². The molecule has 0 bridgehead atoms. The van der Waals surface area contributed by atoms with E-state index in [0.29, 0.717) is 17.1 Å². The van der Waals surface area contributed by atoms with Crippen LogP contribution in [0.1, 0.15) is 16.1 Å². The van der Waals surface area contributed by atoms with Crippen molar-refractivity contribution in [1.82, 2.24) is 19.3 Å². The number of anilines is 1. The number of benzene rings is 2. The molecule has 4 aromatic rings. The third-order valence-electron chi connectivity index (χ3n) is 4.56. The molecule has 0 atom stereocenters. The Labute approximate surface area is 166 Å². The molecule has 4 rings (SSSR count). The maximum Gasteiger partial charge on any atom is 0.279 e. The number of aryl methyl sites for hydroxylation is 2. The lowest BCUT2D eigenvalue weighted by molar-refractivity contribution is 0.102. The molecule has 2 aromatic heterocycles. The summed E-state index contributed by atoms with van der Waals surface area (Å²) in [6, 6.07) is 14.5. The zero-order valence-corrected chi connectivity index (χ0v) is 16.2. The number of carbonyl (C=O) groups excluding carboxylic acids is 1. The van der Waals surface area contributed by atoms with E-state index in [1.807, 2.05) is 31.2 Å². The van der Waals surface area contributed by atoms with E-state index in [9.17, 15) is 9.59 Å². The Bertz CT molecular complexity index is 1270. The summed E-state index contributed by atoms with van der Waals surface area (Å²) in [5.74, 6) is 0.153. The van der Waals surface area contributed by atoms with Crippen molar-refractivity contribution in [3.8, 4) is 11.4 Å². The van der Waals surface area contributed by atoms with E-state index < -0.39 is 5.91 Å². The molecule has 29 heavy (non-hydrogen) atoms. The minimum absolute atomic E-state index is 0.0705. The van der Waals surface area contributed by atoms with E-state index in [1.54, 1.807) is 38.4 Å². The maximum absolute atomic E-state index is 12.9. The van der Waals surface area contributed by atoms with Gasteiger partial charge in [0.25, 0.3) is 11.5 Å². The van der Waals surface area contributed by atoms with E-state index in [0.717, 1.165) is 5.56 Å². The zero-order valence-electron chi connectivity index (χ0n) is 16.2. The van der Waals surface area contributed by atoms with Gasteiger partial charge in [0.2, 0.25) is 0 Å². The molecule has 0 aliphatic rings. The maximum atomic E-state index is 12.9. The number of methoxy groups -OCH3 is 1. The molecule has 0 spiro atoms. The summed E-state index contributed by atoms with van der Waals surface area (Å²) in [5.41, 5.74) is 2.57. The second-order valence-corrected chi connectivity index (χ2v) is 6.64. The van der Waals surface area contributed by atoms with Crippen LogP contribution in [0.4, 0.5) is 5.69 Å². The first kappa shape index (κ1) is 18.4. The fourth-order valence-corrected chi connectivity index (χ4v) is 3.00. The van der Waals surface area contributed by atoms with Gasteiger partial charge >= 0.3 is 0 Å². The highest BCUT2D eigenvalue weighted by atomic mass is 16.5. The Balaban J connectivity index is 1.84. The molecule has 8 heteroatoms. The number of amides is 1. The predicted molar refractivity (Wildman–Crippen MR) is 110 cm³/mol. The molecule has 2 aromatic carbocycles. The van der Waals surface area contributed by atoms with Crippen LogP contribution in [-0.4, -0.2) is 32.3 Å². The predicted octanol–water partition coefficient (Wildman–Crippen LogP) is 2.69. The molecule has 0 unspecified atom stereocenters. The van der Waals surface area contributed by atoms with Crippen molar-refractivity contribution in [2.75, 3.05) is 12.4 Å². The molecular formula is C21H19N5O3. The molecule has 1 N–H and O–H groups in total. The molecule has 1 amide bonds. The van der Waals surface area contributed by atoms with Crippen LogP contribution >= 0.6 is 0 Å². The van der Waals surface area contributed by atoms with E-state index in [4.69, 9.17) is 4.74 Å². The van der Waals surface area contributed by atoms with Gasteiger partial charge in [-0.3, -0.25) is 9.59 Å². The monoisotopic (exact) mass is 389 g/mol. The fourth-order valence-electron chi connectivity index (χ4n) is 3.00. The molecule has 0 aliphatic carbocycles. The Hall–Kier alpha value is -3.94. The lowest BCUT2D eigenvalue weighted by atomic mass is 10.2. The standard InChI is InChI=1S/C21H19N5O3/c1-13-7-9-15(10-8-13)26-19-17(22-12-25(2)21(19)28)18(24-26)20(27)23-14-5-4-6-16(11-14)29-3/h4-12H,1-3H3,(H,23,27). The Morgan fingerprint density at radius 3 is 2.62 bits per heavy atom. The van der Waals surface area contributed by atoms with Crippen LogP contribution in [0.5, 0.6) is 5.75 Å². The quantitative estimate of drug-likeness (QED) is 0.579. The lowest BCUT2D eigenvalue weighted by Gasteiger charge is -2.05. The smallest absolute Gasteiger partial charge is 0.279 e. The van der Waals surface area contributed by atoms with Gasteiger partial charge in [0.1, 0.15) is 11.3 Å². The number of rotatable bonds is 4. The number of hydrogen-bond acceptors (Lipinski definition) is 5. The highest BCUT2D eigenvalue weighted by Crippen LogP contribution is 2.21. The average Bonchev–Trinajstić information content (AvgIpc) is 3.12. The van der Waals surface area contributed by atoms with Crippen LogP contribution in [0.2, 0.25) is 0 Å². The van der Waals surface area contributed by atoms with Gasteiger partial charge in [0.05, 0.1) is 19.1 Å². The van der Waals surface area contributed by atoms with E-state index >= 15 is 0 Å². The van der Waals surface area contributed by atoms with Crippen molar-refractivity contribution in [1.29, 1.82) is 0 Å². The van der Waals surface area contributed by atoms with E-state index in [-0.39, 0.29) is 22.3 Å². The number of carbonyl (C=O) groups is 1. The average molecular weight is 389 g/mol. The summed E-state index contributed by atoms with van der Waals surface area (Å²) in [7, 11) is 3.16. The third-order valence-corrected chi connectivity index (χ3v) is 4.56. The van der Waals surface area contributed by atoms with Crippen LogP contribution in [0.3, 0.4) is 0 Å². The molecular weight excluding hydrogens is 370 g/mol. The number of ether oxygens (including phenoxy) is 1. The van der Waals surface area contributed by atoms with Crippen molar-refractivity contribution in [2.45, 2.75) is 6.92 Å². The number of nitrogens with zero attached hydrogens (tertiary/aromatic N) is 4. The van der Waals surface area contributed by atoms with Gasteiger partial charge in [-0.15, -0.1) is 0 Å². The van der Waals surface area contributed by atoms with Crippen molar-refractivity contribution in [2.24, 2.45) is 7.05 Å². The SMILES string of the molecule is COc1cccc(NC(=O)c2nn(-c3ccc(C)cc3)c3c(=O)n(C)cnc23)c1. The topological polar surface area (TPSA) is 91.0 Å². The summed E-state index contributed by atoms with van der Waals surface area (Å²) >= 11 is 0. The van der Waals surface area contributed by atoms with Crippen LogP contribution in [-0.2, 0) is 7.05 Å². The fraction of sp³-hybridized carbons (Fsp3) is 0.143. The molecule has 0 fully saturated rings. The van der Waals surface area contributed by atoms with Crippen LogP contribution < -0.4 is 15.6 Å². The highest BCUT2D eigenvalue weighted by molar-refractivity contribution is 6.10. The molecule has 0 radical (unpaired) electrons. The second-order valence-electron chi connectivity index (χ2n) is 6.64. The molecule has 2 heterocycles. The van der Waals surface area contributed by atoms with Gasteiger partial charge in [-0.25, -0.2) is 9.67 Å². The normalized spacial score (nSPS) is 10.9. The number of fused-ring (bicyclic) bond motifs is 1. The summed E-state index contributed by atoms with van der Waals surface area (Å²) < 4.78 is 8.01. The zero-order chi connectivity index (χ0) is 20.5. The second kappa shape index (κ2) is 7.23. The molecule has 146 valence electrons. The number of aromatic nitrogens is 4. The van der Waals surface area contributed by atoms with Gasteiger partial charge in [-0.05, 0) is 31.2 Å². The van der Waals surface area contributed by atoms with Crippen LogP contribution in [0.15, 0.2) is 59.7 Å². The van der Waals surface area contributed by atoms with Crippen molar-refractivity contribution in [3.63, 3.8) is 0 Å². The van der Waals surface area contributed by atoms with Crippen molar-refractivity contribution >= 4 is 22.6 Å². The summed E-state index contributed by atoms with van der Waals surface area (Å²) in [6.45, 7) is 1.97. The van der Waals surface area contributed by atoms with E-state index in [1.165, 1.54) is 15.6 Å². The Morgan fingerprint density at radius 1 is 1.14 bits per heavy atom.